The maximum absolute atomic E-state index is 14.8. The number of rotatable bonds is 15. The van der Waals surface area contributed by atoms with Crippen LogP contribution < -0.4 is 14.8 Å². The van der Waals surface area contributed by atoms with Crippen LogP contribution in [-0.2, 0) is 42.8 Å². The molecular formula is C47H67NO16S2. The highest BCUT2D eigenvalue weighted by atomic mass is 33.1. The maximum Gasteiger partial charge on any atom is 0.408 e. The number of hydrogen-bond acceptors (Lipinski definition) is 18. The summed E-state index contributed by atoms with van der Waals surface area (Å²) < 4.78 is 47.8. The van der Waals surface area contributed by atoms with Crippen molar-refractivity contribution in [3.63, 3.8) is 0 Å². The van der Waals surface area contributed by atoms with Crippen LogP contribution in [0.4, 0.5) is 4.79 Å². The predicted molar refractivity (Wildman–Crippen MR) is 245 cm³/mol. The van der Waals surface area contributed by atoms with E-state index < -0.39 is 113 Å². The summed E-state index contributed by atoms with van der Waals surface area (Å²) in [6, 6.07) is 3.19. The third-order valence-corrected chi connectivity index (χ3v) is 15.2. The summed E-state index contributed by atoms with van der Waals surface area (Å²) in [7, 11) is 5.73. The molecule has 2 saturated carbocycles. The van der Waals surface area contributed by atoms with E-state index in [9.17, 15) is 39.3 Å². The van der Waals surface area contributed by atoms with Crippen LogP contribution in [0.15, 0.2) is 41.0 Å². The molecule has 1 heterocycles. The number of nitrogens with one attached hydrogen (secondary N) is 1. The second-order valence-electron chi connectivity index (χ2n) is 19.5. The Morgan fingerprint density at radius 1 is 1.00 bits per heavy atom. The summed E-state index contributed by atoms with van der Waals surface area (Å²) in [6.07, 6.45) is -6.60. The molecule has 66 heavy (non-hydrogen) atoms. The van der Waals surface area contributed by atoms with E-state index in [0.29, 0.717) is 28.2 Å². The van der Waals surface area contributed by atoms with Gasteiger partial charge in [-0.25, -0.2) is 14.4 Å². The van der Waals surface area contributed by atoms with Gasteiger partial charge in [-0.05, 0) is 83.6 Å². The number of allylic oxidation sites excluding steroid dienone is 1. The number of fused-ring (bicyclic) bond motifs is 5. The lowest BCUT2D eigenvalue weighted by Crippen LogP contribution is -2.80. The van der Waals surface area contributed by atoms with Crippen LogP contribution in [0.1, 0.15) is 105 Å². The number of aliphatic hydroxyl groups is 3. The highest BCUT2D eigenvalue weighted by Crippen LogP contribution is 2.65. The molecule has 4 N–H and O–H groups in total. The summed E-state index contributed by atoms with van der Waals surface area (Å²) in [5.74, 6) is -3.87. The SMILES string of the molecule is COc1ccc(OC)c(C(=O)O[C@H]2[C@H]3[C@](C)(C[C@H](OC(=O)CCSSC)C4=C(C)[C@@H](OC(=O)[C@H](O)[C@H](C=C(C)C)NC(=O)OC(C)(C)C)C[C@]2(O)C4(C)C)[C@@H](O)C[C@H]2OC[C@]23OC(C)=O)c1. The van der Waals surface area contributed by atoms with Crippen LogP contribution in [0.3, 0.4) is 0 Å². The molecule has 1 aromatic rings. The zero-order chi connectivity index (χ0) is 49.3. The molecule has 17 nitrogen and oxygen atoms in total. The first kappa shape index (κ1) is 53.0. The molecule has 1 amide bonds. The normalized spacial score (nSPS) is 30.8. The molecule has 0 aromatic heterocycles. The lowest BCUT2D eigenvalue weighted by molar-refractivity contribution is -0.354. The van der Waals surface area contributed by atoms with Crippen LogP contribution in [0.25, 0.3) is 0 Å². The van der Waals surface area contributed by atoms with E-state index in [2.05, 4.69) is 5.32 Å². The van der Waals surface area contributed by atoms with Crippen LogP contribution in [-0.4, -0.2) is 138 Å². The molecule has 0 radical (unpaired) electrons. The number of carbonyl (C=O) groups is 5. The van der Waals surface area contributed by atoms with Gasteiger partial charge in [-0.2, -0.15) is 0 Å². The van der Waals surface area contributed by atoms with Crippen molar-refractivity contribution in [2.24, 2.45) is 16.7 Å². The van der Waals surface area contributed by atoms with Gasteiger partial charge in [0.25, 0.3) is 0 Å². The molecule has 2 bridgehead atoms. The fourth-order valence-electron chi connectivity index (χ4n) is 10.3. The van der Waals surface area contributed by atoms with E-state index in [-0.39, 0.29) is 37.2 Å². The van der Waals surface area contributed by atoms with E-state index in [4.69, 9.17) is 37.9 Å². The Kier molecular flexibility index (Phi) is 16.3. The smallest absolute Gasteiger partial charge is 0.408 e. The zero-order valence-corrected chi connectivity index (χ0v) is 41.8. The van der Waals surface area contributed by atoms with Gasteiger partial charge in [0, 0.05) is 36.3 Å². The van der Waals surface area contributed by atoms with Gasteiger partial charge in [0.05, 0.1) is 45.3 Å². The lowest BCUT2D eigenvalue weighted by Gasteiger charge is -2.68. The third-order valence-electron chi connectivity index (χ3n) is 13.4. The van der Waals surface area contributed by atoms with E-state index >= 15 is 0 Å². The number of methoxy groups -OCH3 is 2. The summed E-state index contributed by atoms with van der Waals surface area (Å²) in [4.78, 5) is 69.0. The lowest BCUT2D eigenvalue weighted by atomic mass is 9.45. The molecule has 11 atom stereocenters. The monoisotopic (exact) mass is 965 g/mol. The van der Waals surface area contributed by atoms with Crippen LogP contribution in [0.2, 0.25) is 0 Å². The minimum Gasteiger partial charge on any atom is -0.497 e. The van der Waals surface area contributed by atoms with Gasteiger partial charge in [-0.1, -0.05) is 54.0 Å². The van der Waals surface area contributed by atoms with Gasteiger partial charge in [0.2, 0.25) is 0 Å². The quantitative estimate of drug-likeness (QED) is 0.0547. The van der Waals surface area contributed by atoms with E-state index in [1.165, 1.54) is 60.9 Å². The van der Waals surface area contributed by atoms with Gasteiger partial charge in [-0.15, -0.1) is 0 Å². The van der Waals surface area contributed by atoms with Gasteiger partial charge in [0.15, 0.2) is 11.7 Å². The number of esters is 4. The van der Waals surface area contributed by atoms with Gasteiger partial charge >= 0.3 is 30.0 Å². The molecule has 368 valence electrons. The Bertz CT molecular complexity index is 2080. The second-order valence-corrected chi connectivity index (χ2v) is 22.2. The minimum absolute atomic E-state index is 0.0125. The molecule has 1 aliphatic heterocycles. The number of alkyl carbamates (subject to hydrolysis) is 1. The van der Waals surface area contributed by atoms with Crippen molar-refractivity contribution >= 4 is 51.6 Å². The molecule has 0 spiro atoms. The summed E-state index contributed by atoms with van der Waals surface area (Å²) >= 11 is 0. The molecule has 1 aromatic carbocycles. The Balaban J connectivity index is 1.75. The van der Waals surface area contributed by atoms with Gasteiger partial charge in [-0.3, -0.25) is 9.59 Å². The largest absolute Gasteiger partial charge is 0.497 e. The molecule has 4 aliphatic rings. The van der Waals surface area contributed by atoms with Crippen LogP contribution in [0.5, 0.6) is 11.5 Å². The molecule has 3 aliphatic carbocycles. The standard InChI is InChI=1S/C47H67NO16S2/c1-24(2)18-29(48-42(55)64-43(5,6)7)37(52)41(54)61-31-22-47(56)39(62-40(53)28-19-27(57-11)14-15-30(28)58-12)38-45(10,33(50)20-34-46(38,23-59-34)63-26(4)49)21-32(36(25(31)3)44(47,8)9)60-35(51)16-17-66-65-13/h14-15,18-19,29,31-34,37-39,50,52,56H,16-17,20-23H2,1-13H3,(H,48,55)/t29-,31-,32-,33-,34+,37+,38-,39-,45+,46-,47+/m0/s1. The fraction of sp³-hybridized carbons (Fsp3) is 0.681. The number of amides is 1. The van der Waals surface area contributed by atoms with Crippen molar-refractivity contribution in [3.8, 4) is 11.5 Å². The Labute approximate surface area is 394 Å². The molecule has 3 fully saturated rings. The van der Waals surface area contributed by atoms with Gasteiger partial charge in [0.1, 0.15) is 52.7 Å². The zero-order valence-electron chi connectivity index (χ0n) is 40.1. The first-order valence-corrected chi connectivity index (χ1v) is 24.7. The average molecular weight is 966 g/mol. The minimum atomic E-state index is -2.32. The number of ether oxygens (including phenoxy) is 8. The number of carbonyl (C=O) groups excluding carboxylic acids is 5. The topological polar surface area (TPSA) is 232 Å². The van der Waals surface area contributed by atoms with Crippen molar-refractivity contribution in [2.45, 2.75) is 154 Å². The first-order chi connectivity index (χ1) is 30.7. The average Bonchev–Trinajstić information content (AvgIpc) is 3.20. The first-order valence-electron chi connectivity index (χ1n) is 21.9. The number of hydrogen-bond donors (Lipinski definition) is 4. The van der Waals surface area contributed by atoms with Crippen molar-refractivity contribution in [1.29, 1.82) is 0 Å². The Hall–Kier alpha value is -4.01. The number of benzene rings is 1. The molecule has 5 rings (SSSR count). The summed E-state index contributed by atoms with van der Waals surface area (Å²) in [5.41, 5.74) is -6.51. The Morgan fingerprint density at radius 3 is 2.24 bits per heavy atom. The molecule has 19 heteroatoms. The van der Waals surface area contributed by atoms with Crippen LogP contribution in [0, 0.1) is 16.7 Å². The van der Waals surface area contributed by atoms with Crippen LogP contribution >= 0.6 is 21.6 Å². The number of aliphatic hydroxyl groups excluding tert-OH is 2. The summed E-state index contributed by atoms with van der Waals surface area (Å²) in [6.45, 7) is 16.2. The highest BCUT2D eigenvalue weighted by molar-refractivity contribution is 8.76. The second kappa shape index (κ2) is 20.3. The third kappa shape index (κ3) is 10.5. The van der Waals surface area contributed by atoms with Crippen molar-refractivity contribution in [2.75, 3.05) is 32.8 Å². The molecule has 1 saturated heterocycles. The summed E-state index contributed by atoms with van der Waals surface area (Å²) in [5, 5.41) is 40.4. The fourth-order valence-corrected chi connectivity index (χ4v) is 11.5. The van der Waals surface area contributed by atoms with Crippen molar-refractivity contribution < 1.29 is 77.2 Å². The predicted octanol–water partition coefficient (Wildman–Crippen LogP) is 5.64. The van der Waals surface area contributed by atoms with E-state index in [0.717, 1.165) is 0 Å². The van der Waals surface area contributed by atoms with Crippen molar-refractivity contribution in [1.82, 2.24) is 5.32 Å². The Morgan fingerprint density at radius 2 is 1.68 bits per heavy atom. The molecular weight excluding hydrogens is 899 g/mol. The maximum atomic E-state index is 14.8. The van der Waals surface area contributed by atoms with Crippen molar-refractivity contribution in [3.05, 3.63) is 46.6 Å². The molecule has 0 unspecified atom stereocenters. The van der Waals surface area contributed by atoms with E-state index in [1.807, 2.05) is 6.26 Å². The highest BCUT2D eigenvalue weighted by Gasteiger charge is 2.76. The van der Waals surface area contributed by atoms with E-state index in [1.54, 1.807) is 68.4 Å². The van der Waals surface area contributed by atoms with Gasteiger partial charge < -0.3 is 58.5 Å².